The Kier molecular flexibility index (Phi) is 13.6. The van der Waals surface area contributed by atoms with Crippen molar-refractivity contribution in [3.63, 3.8) is 0 Å². The van der Waals surface area contributed by atoms with Crippen molar-refractivity contribution in [3.05, 3.63) is 102 Å². The van der Waals surface area contributed by atoms with Gasteiger partial charge < -0.3 is 43.5 Å². The Morgan fingerprint density at radius 3 is 1.92 bits per heavy atom. The molecular formula is C36H44N10O5. The van der Waals surface area contributed by atoms with Crippen molar-refractivity contribution in [2.24, 2.45) is 22.2 Å². The molecule has 51 heavy (non-hydrogen) atoms. The quantitative estimate of drug-likeness (QED) is 0.0401. The van der Waals surface area contributed by atoms with Crippen molar-refractivity contribution >= 4 is 46.4 Å². The molecule has 4 rings (SSSR count). The number of hydrogen-bond acceptors (Lipinski definition) is 7. The van der Waals surface area contributed by atoms with Gasteiger partial charge in [0.15, 0.2) is 5.96 Å². The molecule has 15 heteroatoms. The van der Waals surface area contributed by atoms with E-state index in [2.05, 4.69) is 36.2 Å². The van der Waals surface area contributed by atoms with Gasteiger partial charge in [-0.25, -0.2) is 0 Å². The number of pyridine rings is 1. The lowest BCUT2D eigenvalue weighted by molar-refractivity contribution is -0.134. The molecule has 0 unspecified atom stereocenters. The van der Waals surface area contributed by atoms with Crippen LogP contribution in [0.1, 0.15) is 36.5 Å². The van der Waals surface area contributed by atoms with Crippen LogP contribution in [0.3, 0.4) is 0 Å². The number of H-pyrrole nitrogens is 1. The minimum Gasteiger partial charge on any atom is -0.370 e. The van der Waals surface area contributed by atoms with Crippen molar-refractivity contribution in [1.82, 2.24) is 31.2 Å². The predicted octanol–water partition coefficient (Wildman–Crippen LogP) is 0.0888. The number of nitrogens with one attached hydrogen (secondary N) is 5. The Morgan fingerprint density at radius 2 is 1.27 bits per heavy atom. The highest BCUT2D eigenvalue weighted by Gasteiger charge is 2.31. The molecule has 0 radical (unpaired) electrons. The first kappa shape index (κ1) is 37.6. The summed E-state index contributed by atoms with van der Waals surface area (Å²) < 4.78 is 0. The van der Waals surface area contributed by atoms with Crippen molar-refractivity contribution in [1.29, 1.82) is 0 Å². The van der Waals surface area contributed by atoms with Crippen molar-refractivity contribution in [2.75, 3.05) is 6.54 Å². The number of guanidine groups is 1. The van der Waals surface area contributed by atoms with Gasteiger partial charge >= 0.3 is 0 Å². The van der Waals surface area contributed by atoms with E-state index < -0.39 is 53.7 Å². The maximum absolute atomic E-state index is 14.0. The van der Waals surface area contributed by atoms with E-state index in [0.29, 0.717) is 6.42 Å². The summed E-state index contributed by atoms with van der Waals surface area (Å²) in [6.45, 7) is 1.47. The van der Waals surface area contributed by atoms with Crippen molar-refractivity contribution < 1.29 is 24.0 Å². The van der Waals surface area contributed by atoms with E-state index in [0.717, 1.165) is 27.6 Å². The van der Waals surface area contributed by atoms with Crippen LogP contribution in [0.25, 0.3) is 10.9 Å². The van der Waals surface area contributed by atoms with Crippen LogP contribution < -0.4 is 38.5 Å². The summed E-state index contributed by atoms with van der Waals surface area (Å²) in [4.78, 5) is 77.2. The molecule has 4 aromatic rings. The summed E-state index contributed by atoms with van der Waals surface area (Å²) >= 11 is 0. The summed E-state index contributed by atoms with van der Waals surface area (Å²) in [5.41, 5.74) is 19.8. The first-order valence-corrected chi connectivity index (χ1v) is 16.5. The molecule has 2 aromatic heterocycles. The number of aliphatic imine (C=N–C) groups is 1. The number of nitrogens with two attached hydrogens (primary N) is 3. The van der Waals surface area contributed by atoms with Crippen molar-refractivity contribution in [3.8, 4) is 0 Å². The van der Waals surface area contributed by atoms with Gasteiger partial charge in [-0.1, -0.05) is 48.5 Å². The van der Waals surface area contributed by atoms with Crippen LogP contribution in [0.15, 0.2) is 90.3 Å². The van der Waals surface area contributed by atoms with Crippen molar-refractivity contribution in [2.45, 2.75) is 63.2 Å². The summed E-state index contributed by atoms with van der Waals surface area (Å²) in [5, 5.41) is 11.8. The third kappa shape index (κ3) is 11.7. The molecule has 0 aliphatic rings. The monoisotopic (exact) mass is 696 g/mol. The Hall–Kier alpha value is -6.25. The second-order valence-corrected chi connectivity index (χ2v) is 12.1. The van der Waals surface area contributed by atoms with E-state index in [1.807, 2.05) is 30.3 Å². The van der Waals surface area contributed by atoms with Gasteiger partial charge in [0.1, 0.15) is 24.2 Å². The van der Waals surface area contributed by atoms with Crippen LogP contribution >= 0.6 is 0 Å². The molecule has 2 aromatic carbocycles. The third-order valence-corrected chi connectivity index (χ3v) is 8.14. The largest absolute Gasteiger partial charge is 0.370 e. The normalized spacial score (nSPS) is 13.2. The van der Waals surface area contributed by atoms with Crippen LogP contribution in [0.5, 0.6) is 0 Å². The van der Waals surface area contributed by atoms with Gasteiger partial charge in [0, 0.05) is 62.2 Å². The van der Waals surface area contributed by atoms with Gasteiger partial charge in [0.2, 0.25) is 29.5 Å². The first-order chi connectivity index (χ1) is 24.5. The standard InChI is InChI=1S/C36H44N10O5/c1-22(47)43-30(19-24-13-16-40-17-14-24)34(50)46-31(18-23-8-3-2-4-9-23)35(51)44-28(12-7-15-41-36(38)39)33(49)45-29(32(37)48)20-25-21-42-27-11-6-5-10-26(25)27/h2-6,8-11,13-14,16-17,21,28-31,42H,7,12,15,18-20H2,1H3,(H2,37,48)(H,43,47)(H,44,51)(H,45,49)(H,46,50)(H4,38,39,41)/t28-,29-,30-,31+/m0/s1. The predicted molar refractivity (Wildman–Crippen MR) is 193 cm³/mol. The molecule has 0 aliphatic heterocycles. The molecule has 15 nitrogen and oxygen atoms in total. The van der Waals surface area contributed by atoms with E-state index in [9.17, 15) is 24.0 Å². The molecule has 0 fully saturated rings. The smallest absolute Gasteiger partial charge is 0.243 e. The number of hydrogen-bond donors (Lipinski definition) is 8. The number of fused-ring (bicyclic) bond motifs is 1. The van der Waals surface area contributed by atoms with Crippen LogP contribution in [0.2, 0.25) is 0 Å². The molecule has 2 heterocycles. The molecule has 5 amide bonds. The van der Waals surface area contributed by atoms with Gasteiger partial charge in [-0.3, -0.25) is 33.9 Å². The average Bonchev–Trinajstić information content (AvgIpc) is 3.51. The van der Waals surface area contributed by atoms with E-state index in [1.165, 1.54) is 6.92 Å². The highest BCUT2D eigenvalue weighted by molar-refractivity contribution is 5.96. The third-order valence-electron chi connectivity index (χ3n) is 8.14. The molecule has 0 spiro atoms. The minimum absolute atomic E-state index is 0.0767. The fourth-order valence-corrected chi connectivity index (χ4v) is 5.60. The molecule has 0 bridgehead atoms. The topological polar surface area (TPSA) is 253 Å². The van der Waals surface area contributed by atoms with Gasteiger partial charge in [0.25, 0.3) is 0 Å². The summed E-state index contributed by atoms with van der Waals surface area (Å²) in [6, 6.07) is 15.6. The number of benzene rings is 2. The molecule has 0 saturated carbocycles. The fourth-order valence-electron chi connectivity index (χ4n) is 5.60. The highest BCUT2D eigenvalue weighted by atomic mass is 16.2. The van der Waals surface area contributed by atoms with E-state index in [1.54, 1.807) is 55.0 Å². The minimum atomic E-state index is -1.16. The lowest BCUT2D eigenvalue weighted by Crippen LogP contribution is -2.59. The maximum atomic E-state index is 14.0. The molecular weight excluding hydrogens is 652 g/mol. The number of aromatic nitrogens is 2. The number of nitrogens with zero attached hydrogens (tertiary/aromatic N) is 2. The summed E-state index contributed by atoms with van der Waals surface area (Å²) in [5.74, 6) is -3.23. The second-order valence-electron chi connectivity index (χ2n) is 12.1. The zero-order valence-corrected chi connectivity index (χ0v) is 28.3. The lowest BCUT2D eigenvalue weighted by atomic mass is 10.0. The second kappa shape index (κ2) is 18.5. The Labute approximate surface area is 295 Å². The lowest BCUT2D eigenvalue weighted by Gasteiger charge is -2.26. The van der Waals surface area contributed by atoms with E-state index in [-0.39, 0.29) is 38.2 Å². The molecule has 268 valence electrons. The van der Waals surface area contributed by atoms with E-state index in [4.69, 9.17) is 17.2 Å². The Morgan fingerprint density at radius 1 is 0.706 bits per heavy atom. The van der Waals surface area contributed by atoms with Crippen LogP contribution in [0.4, 0.5) is 0 Å². The summed E-state index contributed by atoms with van der Waals surface area (Å²) in [7, 11) is 0. The number of para-hydroxylation sites is 1. The SMILES string of the molecule is CC(=O)N[C@@H](Cc1ccncc1)C(=O)N[C@H](Cc1ccccc1)C(=O)N[C@@H](CCCN=C(N)N)C(=O)N[C@@H](Cc1c[nH]c2ccccc12)C(N)=O. The van der Waals surface area contributed by atoms with Gasteiger partial charge in [-0.2, -0.15) is 0 Å². The van der Waals surface area contributed by atoms with Crippen LogP contribution in [-0.2, 0) is 43.2 Å². The Balaban J connectivity index is 1.56. The van der Waals surface area contributed by atoms with Crippen LogP contribution in [-0.4, -0.2) is 76.2 Å². The van der Waals surface area contributed by atoms with Gasteiger partial charge in [-0.15, -0.1) is 0 Å². The highest BCUT2D eigenvalue weighted by Crippen LogP contribution is 2.19. The van der Waals surface area contributed by atoms with Crippen LogP contribution in [0, 0.1) is 0 Å². The maximum Gasteiger partial charge on any atom is 0.243 e. The number of primary amides is 1. The van der Waals surface area contributed by atoms with Gasteiger partial charge in [0.05, 0.1) is 0 Å². The fraction of sp³-hybridized carbons (Fsp3) is 0.306. The molecule has 4 atom stereocenters. The molecule has 11 N–H and O–H groups in total. The number of amides is 5. The zero-order valence-electron chi connectivity index (χ0n) is 28.3. The zero-order chi connectivity index (χ0) is 36.8. The molecule has 0 saturated heterocycles. The number of carbonyl (C=O) groups excluding carboxylic acids is 5. The number of aromatic amines is 1. The van der Waals surface area contributed by atoms with E-state index >= 15 is 0 Å². The number of rotatable bonds is 18. The van der Waals surface area contributed by atoms with Gasteiger partial charge in [-0.05, 0) is 47.7 Å². The first-order valence-electron chi connectivity index (χ1n) is 16.5. The Bertz CT molecular complexity index is 1830. The average molecular weight is 697 g/mol. The summed E-state index contributed by atoms with van der Waals surface area (Å²) in [6.07, 6.45) is 5.62. The number of carbonyl (C=O) groups is 5. The molecule has 0 aliphatic carbocycles.